The molecule has 5 rings (SSSR count). The summed E-state index contributed by atoms with van der Waals surface area (Å²) in [5, 5.41) is 3.74. The molecule has 3 aromatic rings. The van der Waals surface area contributed by atoms with E-state index >= 15 is 0 Å². The van der Waals surface area contributed by atoms with Crippen LogP contribution in [0.5, 0.6) is 0 Å². The van der Waals surface area contributed by atoms with Crippen LogP contribution in [0.25, 0.3) is 0 Å². The molecule has 136 valence electrons. The number of aromatic nitrogens is 2. The summed E-state index contributed by atoms with van der Waals surface area (Å²) in [5.41, 5.74) is 4.41. The van der Waals surface area contributed by atoms with Gasteiger partial charge in [-0.25, -0.2) is 4.98 Å². The van der Waals surface area contributed by atoms with Crippen LogP contribution >= 0.6 is 22.9 Å². The van der Waals surface area contributed by atoms with Crippen molar-refractivity contribution in [1.29, 1.82) is 0 Å². The minimum absolute atomic E-state index is 0.0907. The predicted octanol–water partition coefficient (Wildman–Crippen LogP) is 3.69. The molecule has 6 heteroatoms. The van der Waals surface area contributed by atoms with Gasteiger partial charge in [0.05, 0.1) is 11.7 Å². The van der Waals surface area contributed by atoms with Gasteiger partial charge in [0.25, 0.3) is 0 Å². The van der Waals surface area contributed by atoms with Crippen LogP contribution in [-0.2, 0) is 19.4 Å². The number of benzene rings is 1. The van der Waals surface area contributed by atoms with Gasteiger partial charge in [0.2, 0.25) is 0 Å². The number of ketones is 1. The lowest BCUT2D eigenvalue weighted by Gasteiger charge is -2.32. The molecule has 1 unspecified atom stereocenters. The first-order chi connectivity index (χ1) is 13.2. The first kappa shape index (κ1) is 16.9. The molecule has 1 aromatic carbocycles. The van der Waals surface area contributed by atoms with Gasteiger partial charge in [0.15, 0.2) is 29.7 Å². The van der Waals surface area contributed by atoms with Crippen LogP contribution in [0, 0.1) is 0 Å². The number of carbonyl (C=O) groups excluding carboxylic acids is 1. The number of hydrogen-bond donors (Lipinski definition) is 0. The third-order valence-electron chi connectivity index (χ3n) is 5.51. The van der Waals surface area contributed by atoms with Gasteiger partial charge in [-0.05, 0) is 37.0 Å². The lowest BCUT2D eigenvalue weighted by atomic mass is 9.86. The Labute approximate surface area is 167 Å². The van der Waals surface area contributed by atoms with Crippen LogP contribution in [-0.4, -0.2) is 23.4 Å². The minimum atomic E-state index is -0.0907. The van der Waals surface area contributed by atoms with Crippen molar-refractivity contribution in [2.45, 2.75) is 31.8 Å². The van der Waals surface area contributed by atoms with Gasteiger partial charge in [-0.2, -0.15) is 4.57 Å². The van der Waals surface area contributed by atoms with Gasteiger partial charge >= 0.3 is 0 Å². The third-order valence-corrected chi connectivity index (χ3v) is 6.51. The van der Waals surface area contributed by atoms with E-state index in [4.69, 9.17) is 11.6 Å². The fourth-order valence-corrected chi connectivity index (χ4v) is 5.02. The Balaban J connectivity index is 1.41. The number of thiazole rings is 1. The van der Waals surface area contributed by atoms with Crippen LogP contribution in [0.3, 0.4) is 0 Å². The number of nitrogens with zero attached hydrogens (tertiary/aromatic N) is 3. The number of hydrogen-bond acceptors (Lipinski definition) is 4. The molecule has 0 fully saturated rings. The Kier molecular flexibility index (Phi) is 4.21. The molecule has 0 amide bonds. The summed E-state index contributed by atoms with van der Waals surface area (Å²) >= 11 is 7.80. The van der Waals surface area contributed by atoms with E-state index in [2.05, 4.69) is 32.9 Å². The van der Waals surface area contributed by atoms with E-state index in [1.165, 1.54) is 11.3 Å². The third kappa shape index (κ3) is 3.05. The molecular formula is C21H19ClN3OS+. The van der Waals surface area contributed by atoms with Crippen molar-refractivity contribution in [3.8, 4) is 0 Å². The lowest BCUT2D eigenvalue weighted by Crippen LogP contribution is -2.43. The zero-order chi connectivity index (χ0) is 18.4. The summed E-state index contributed by atoms with van der Waals surface area (Å²) in [7, 11) is 0. The molecule has 0 N–H and O–H groups in total. The first-order valence-electron chi connectivity index (χ1n) is 9.19. The van der Waals surface area contributed by atoms with E-state index in [1.807, 2.05) is 29.8 Å². The van der Waals surface area contributed by atoms with Crippen molar-refractivity contribution >= 4 is 34.4 Å². The van der Waals surface area contributed by atoms with Gasteiger partial charge in [-0.15, -0.1) is 11.3 Å². The van der Waals surface area contributed by atoms with Crippen LogP contribution < -0.4 is 9.47 Å². The zero-order valence-corrected chi connectivity index (χ0v) is 16.3. The lowest BCUT2D eigenvalue weighted by molar-refractivity contribution is -0.688. The number of pyridine rings is 1. The highest BCUT2D eigenvalue weighted by Gasteiger charge is 2.36. The maximum Gasteiger partial charge on any atom is 0.199 e. The molecule has 0 saturated heterocycles. The second-order valence-electron chi connectivity index (χ2n) is 7.12. The van der Waals surface area contributed by atoms with Gasteiger partial charge in [0, 0.05) is 40.3 Å². The van der Waals surface area contributed by atoms with Crippen molar-refractivity contribution in [1.82, 2.24) is 4.98 Å². The molecule has 3 heterocycles. The molecule has 0 saturated carbocycles. The Hall–Kier alpha value is -2.24. The number of aryl methyl sites for hydroxylation is 1. The van der Waals surface area contributed by atoms with E-state index < -0.39 is 0 Å². The van der Waals surface area contributed by atoms with E-state index in [-0.39, 0.29) is 11.8 Å². The highest BCUT2D eigenvalue weighted by atomic mass is 35.5. The maximum absolute atomic E-state index is 13.1. The SMILES string of the molecule is O=C1c2cc(Cl)ccc2CCC1N1CCc2c[n+](Cc3nccs3)ccc21. The summed E-state index contributed by atoms with van der Waals surface area (Å²) in [6, 6.07) is 7.75. The molecule has 27 heavy (non-hydrogen) atoms. The summed E-state index contributed by atoms with van der Waals surface area (Å²) in [5.74, 6) is 0.200. The Morgan fingerprint density at radius 2 is 2.19 bits per heavy atom. The highest BCUT2D eigenvalue weighted by Crippen LogP contribution is 2.34. The van der Waals surface area contributed by atoms with E-state index in [0.717, 1.165) is 48.5 Å². The van der Waals surface area contributed by atoms with Crippen molar-refractivity contribution in [3.63, 3.8) is 0 Å². The molecule has 4 nitrogen and oxygen atoms in total. The number of fused-ring (bicyclic) bond motifs is 2. The summed E-state index contributed by atoms with van der Waals surface area (Å²) in [6.07, 6.45) is 8.90. The summed E-state index contributed by atoms with van der Waals surface area (Å²) in [4.78, 5) is 19.8. The fraction of sp³-hybridized carbons (Fsp3) is 0.286. The van der Waals surface area contributed by atoms with Crippen LogP contribution in [0.15, 0.2) is 48.2 Å². The highest BCUT2D eigenvalue weighted by molar-refractivity contribution is 7.09. The van der Waals surface area contributed by atoms with E-state index in [9.17, 15) is 4.79 Å². The monoisotopic (exact) mass is 396 g/mol. The molecular weight excluding hydrogens is 378 g/mol. The molecule has 1 aliphatic heterocycles. The second-order valence-corrected chi connectivity index (χ2v) is 8.53. The molecule has 2 aromatic heterocycles. The molecule has 0 bridgehead atoms. The van der Waals surface area contributed by atoms with Gasteiger partial charge in [-0.1, -0.05) is 17.7 Å². The molecule has 0 radical (unpaired) electrons. The number of rotatable bonds is 3. The molecule has 0 spiro atoms. The van der Waals surface area contributed by atoms with Crippen LogP contribution in [0.4, 0.5) is 5.69 Å². The van der Waals surface area contributed by atoms with Crippen molar-refractivity contribution in [3.05, 3.63) is 75.0 Å². The fourth-order valence-electron chi connectivity index (χ4n) is 4.22. The van der Waals surface area contributed by atoms with Crippen molar-refractivity contribution in [2.24, 2.45) is 0 Å². The van der Waals surface area contributed by atoms with Gasteiger partial charge in [-0.3, -0.25) is 4.79 Å². The predicted molar refractivity (Wildman–Crippen MR) is 107 cm³/mol. The average molecular weight is 397 g/mol. The second kappa shape index (κ2) is 6.73. The van der Waals surface area contributed by atoms with Crippen molar-refractivity contribution in [2.75, 3.05) is 11.4 Å². The van der Waals surface area contributed by atoms with E-state index in [0.29, 0.717) is 5.02 Å². The van der Waals surface area contributed by atoms with Gasteiger partial charge < -0.3 is 4.90 Å². The molecule has 1 atom stereocenters. The Morgan fingerprint density at radius 1 is 1.26 bits per heavy atom. The number of carbonyl (C=O) groups is 1. The topological polar surface area (TPSA) is 37.1 Å². The average Bonchev–Trinajstić information content (AvgIpc) is 3.32. The number of Topliss-reactive ketones (excluding diaryl/α,β-unsaturated/α-hetero) is 1. The Bertz CT molecular complexity index is 1020. The van der Waals surface area contributed by atoms with Gasteiger partial charge in [0.1, 0.15) is 0 Å². The zero-order valence-electron chi connectivity index (χ0n) is 14.8. The molecule has 2 aliphatic rings. The van der Waals surface area contributed by atoms with Crippen LogP contribution in [0.1, 0.15) is 32.9 Å². The minimum Gasteiger partial charge on any atom is -0.360 e. The maximum atomic E-state index is 13.1. The van der Waals surface area contributed by atoms with Crippen LogP contribution in [0.2, 0.25) is 5.02 Å². The quantitative estimate of drug-likeness (QED) is 0.633. The standard InChI is InChI=1S/C21H19ClN3OS/c22-16-3-1-14-2-4-19(21(26)17(14)11-16)25-9-5-15-12-24(8-6-18(15)25)13-20-23-7-10-27-20/h1,3,6-8,10-12,19H,2,4-5,9,13H2/q+1. The smallest absolute Gasteiger partial charge is 0.199 e. The first-order valence-corrected chi connectivity index (χ1v) is 10.4. The molecule has 1 aliphatic carbocycles. The normalized spacial score (nSPS) is 18.5. The van der Waals surface area contributed by atoms with Crippen molar-refractivity contribution < 1.29 is 9.36 Å². The Morgan fingerprint density at radius 3 is 3.04 bits per heavy atom. The number of halogens is 1. The summed E-state index contributed by atoms with van der Waals surface area (Å²) < 4.78 is 2.18. The number of anilines is 1. The summed E-state index contributed by atoms with van der Waals surface area (Å²) in [6.45, 7) is 1.68. The van der Waals surface area contributed by atoms with E-state index in [1.54, 1.807) is 11.3 Å². The largest absolute Gasteiger partial charge is 0.360 e.